The molecule has 1 atom stereocenters. The molecule has 0 saturated carbocycles. The summed E-state index contributed by atoms with van der Waals surface area (Å²) in [5.74, 6) is 0.447. The number of ether oxygens (including phenoxy) is 2. The van der Waals surface area contributed by atoms with Gasteiger partial charge in [0.25, 0.3) is 5.91 Å². The number of benzene rings is 1. The molecule has 0 aromatic heterocycles. The normalized spacial score (nSPS) is 17.8. The van der Waals surface area contributed by atoms with Gasteiger partial charge in [-0.05, 0) is 18.6 Å². The van der Waals surface area contributed by atoms with Crippen molar-refractivity contribution in [1.82, 2.24) is 4.90 Å². The molecule has 1 saturated heterocycles. The summed E-state index contributed by atoms with van der Waals surface area (Å²) in [6.07, 6.45) is 0.867. The second kappa shape index (κ2) is 6.67. The molecule has 0 spiro atoms. The van der Waals surface area contributed by atoms with Crippen molar-refractivity contribution >= 4 is 23.1 Å². The number of likely N-dealkylation sites (N-methyl/N-ethyl adjacent to an activating group) is 1. The lowest BCUT2D eigenvalue weighted by Gasteiger charge is -2.23. The smallest absolute Gasteiger partial charge is 0.260 e. The molecular weight excluding hydrogens is 276 g/mol. The molecule has 1 aromatic carbocycles. The van der Waals surface area contributed by atoms with Crippen LogP contribution in [0.25, 0.3) is 0 Å². The van der Waals surface area contributed by atoms with Gasteiger partial charge in [0.1, 0.15) is 10.7 Å². The van der Waals surface area contributed by atoms with Crippen LogP contribution in [0.4, 0.5) is 0 Å². The second-order valence-electron chi connectivity index (χ2n) is 4.67. The van der Waals surface area contributed by atoms with E-state index in [4.69, 9.17) is 27.4 Å². The number of rotatable bonds is 5. The zero-order valence-corrected chi connectivity index (χ0v) is 12.2. The highest BCUT2D eigenvalue weighted by atomic mass is 32.1. The highest BCUT2D eigenvalue weighted by molar-refractivity contribution is 7.80. The fourth-order valence-electron chi connectivity index (χ4n) is 2.07. The van der Waals surface area contributed by atoms with Crippen LogP contribution in [0, 0.1) is 0 Å². The summed E-state index contributed by atoms with van der Waals surface area (Å²) < 4.78 is 10.8. The third-order valence-corrected chi connectivity index (χ3v) is 3.57. The van der Waals surface area contributed by atoms with Crippen LogP contribution in [0.15, 0.2) is 24.3 Å². The molecule has 1 aliphatic heterocycles. The number of hydrogen-bond donors (Lipinski definition) is 1. The average molecular weight is 294 g/mol. The summed E-state index contributed by atoms with van der Waals surface area (Å²) in [6, 6.07) is 7.30. The first-order chi connectivity index (χ1) is 9.59. The highest BCUT2D eigenvalue weighted by Gasteiger charge is 2.24. The fourth-order valence-corrected chi connectivity index (χ4v) is 2.24. The van der Waals surface area contributed by atoms with Crippen molar-refractivity contribution < 1.29 is 14.3 Å². The van der Waals surface area contributed by atoms with Crippen molar-refractivity contribution in [2.45, 2.75) is 12.5 Å². The molecule has 1 aromatic rings. The molecule has 20 heavy (non-hydrogen) atoms. The van der Waals surface area contributed by atoms with Gasteiger partial charge in [-0.25, -0.2) is 0 Å². The van der Waals surface area contributed by atoms with Crippen LogP contribution in [0.3, 0.4) is 0 Å². The van der Waals surface area contributed by atoms with E-state index in [0.29, 0.717) is 24.5 Å². The predicted molar refractivity (Wildman–Crippen MR) is 79.8 cm³/mol. The van der Waals surface area contributed by atoms with Gasteiger partial charge in [0.2, 0.25) is 0 Å². The number of amides is 1. The maximum atomic E-state index is 12.1. The molecule has 1 unspecified atom stereocenters. The minimum Gasteiger partial charge on any atom is -0.483 e. The van der Waals surface area contributed by atoms with E-state index in [1.165, 1.54) is 0 Å². The Bertz CT molecular complexity index is 501. The van der Waals surface area contributed by atoms with Gasteiger partial charge in [-0.1, -0.05) is 24.4 Å². The third-order valence-electron chi connectivity index (χ3n) is 3.35. The van der Waals surface area contributed by atoms with Crippen LogP contribution in [0.5, 0.6) is 5.75 Å². The Labute approximate surface area is 123 Å². The number of nitrogens with two attached hydrogens (primary N) is 1. The van der Waals surface area contributed by atoms with Crippen LogP contribution >= 0.6 is 12.2 Å². The molecule has 2 rings (SSSR count). The Kier molecular flexibility index (Phi) is 4.92. The van der Waals surface area contributed by atoms with E-state index in [9.17, 15) is 4.79 Å². The lowest BCUT2D eigenvalue weighted by molar-refractivity contribution is -0.134. The Hall–Kier alpha value is -1.66. The molecule has 1 fully saturated rings. The molecule has 6 heteroatoms. The van der Waals surface area contributed by atoms with Gasteiger partial charge >= 0.3 is 0 Å². The largest absolute Gasteiger partial charge is 0.483 e. The van der Waals surface area contributed by atoms with E-state index in [1.54, 1.807) is 24.1 Å². The minimum atomic E-state index is -0.0850. The van der Waals surface area contributed by atoms with Crippen molar-refractivity contribution in [1.29, 1.82) is 0 Å². The SMILES string of the molecule is CN(C(=O)COc1ccccc1C(N)=S)C1CCOC1. The monoisotopic (exact) mass is 294 g/mol. The molecule has 1 amide bonds. The van der Waals surface area contributed by atoms with E-state index < -0.39 is 0 Å². The lowest BCUT2D eigenvalue weighted by Crippen LogP contribution is -2.40. The van der Waals surface area contributed by atoms with Gasteiger partial charge in [0.15, 0.2) is 6.61 Å². The molecule has 0 bridgehead atoms. The van der Waals surface area contributed by atoms with Crippen molar-refractivity contribution in [3.05, 3.63) is 29.8 Å². The number of thiocarbonyl (C=S) groups is 1. The standard InChI is InChI=1S/C14H18N2O3S/c1-16(10-6-7-18-8-10)13(17)9-19-12-5-3-2-4-11(12)14(15)20/h2-5,10H,6-9H2,1H3,(H2,15,20). The minimum absolute atomic E-state index is 0.0351. The van der Waals surface area contributed by atoms with Crippen LogP contribution in [0.2, 0.25) is 0 Å². The number of carbonyl (C=O) groups excluding carboxylic acids is 1. The first-order valence-electron chi connectivity index (χ1n) is 6.44. The van der Waals surface area contributed by atoms with E-state index in [1.807, 2.05) is 12.1 Å². The van der Waals surface area contributed by atoms with Crippen molar-refractivity contribution in [3.63, 3.8) is 0 Å². The van der Waals surface area contributed by atoms with Gasteiger partial charge in [-0.15, -0.1) is 0 Å². The van der Waals surface area contributed by atoms with Gasteiger partial charge in [-0.2, -0.15) is 0 Å². The first-order valence-corrected chi connectivity index (χ1v) is 6.85. The van der Waals surface area contributed by atoms with Crippen LogP contribution in [0.1, 0.15) is 12.0 Å². The van der Waals surface area contributed by atoms with Crippen LogP contribution < -0.4 is 10.5 Å². The van der Waals surface area contributed by atoms with E-state index in [2.05, 4.69) is 0 Å². The summed E-state index contributed by atoms with van der Waals surface area (Å²) in [5, 5.41) is 0. The topological polar surface area (TPSA) is 64.8 Å². The molecular formula is C14H18N2O3S. The quantitative estimate of drug-likeness (QED) is 0.819. The van der Waals surface area contributed by atoms with E-state index >= 15 is 0 Å². The molecule has 2 N–H and O–H groups in total. The Morgan fingerprint density at radius 1 is 1.55 bits per heavy atom. The Balaban J connectivity index is 1.94. The van der Waals surface area contributed by atoms with Gasteiger partial charge in [0, 0.05) is 13.7 Å². The van der Waals surface area contributed by atoms with Crippen molar-refractivity contribution in [2.24, 2.45) is 5.73 Å². The maximum absolute atomic E-state index is 12.1. The number of para-hydroxylation sites is 1. The third kappa shape index (κ3) is 3.46. The van der Waals surface area contributed by atoms with E-state index in [0.717, 1.165) is 6.42 Å². The summed E-state index contributed by atoms with van der Waals surface area (Å²) in [4.78, 5) is 14.0. The van der Waals surface area contributed by atoms with Crippen LogP contribution in [-0.2, 0) is 9.53 Å². The lowest BCUT2D eigenvalue weighted by atomic mass is 10.2. The molecule has 1 aliphatic rings. The average Bonchev–Trinajstić information content (AvgIpc) is 2.98. The molecule has 1 heterocycles. The summed E-state index contributed by atoms with van der Waals surface area (Å²) in [5.41, 5.74) is 6.26. The Morgan fingerprint density at radius 3 is 2.95 bits per heavy atom. The summed E-state index contributed by atoms with van der Waals surface area (Å²) >= 11 is 4.95. The van der Waals surface area contributed by atoms with Crippen LogP contribution in [-0.4, -0.2) is 48.7 Å². The highest BCUT2D eigenvalue weighted by Crippen LogP contribution is 2.18. The second-order valence-corrected chi connectivity index (χ2v) is 5.11. The fraction of sp³-hybridized carbons (Fsp3) is 0.429. The number of nitrogens with zero attached hydrogens (tertiary/aromatic N) is 1. The Morgan fingerprint density at radius 2 is 2.30 bits per heavy atom. The molecule has 0 radical (unpaired) electrons. The van der Waals surface area contributed by atoms with Gasteiger partial charge in [0.05, 0.1) is 18.2 Å². The van der Waals surface area contributed by atoms with Crippen molar-refractivity contribution in [2.75, 3.05) is 26.9 Å². The van der Waals surface area contributed by atoms with E-state index in [-0.39, 0.29) is 23.5 Å². The summed E-state index contributed by atoms with van der Waals surface area (Å²) in [7, 11) is 1.77. The maximum Gasteiger partial charge on any atom is 0.260 e. The van der Waals surface area contributed by atoms with Crippen molar-refractivity contribution in [3.8, 4) is 5.75 Å². The predicted octanol–water partition coefficient (Wildman–Crippen LogP) is 0.947. The number of carbonyl (C=O) groups is 1. The van der Waals surface area contributed by atoms with Gasteiger partial charge < -0.3 is 20.1 Å². The zero-order chi connectivity index (χ0) is 14.5. The number of hydrogen-bond acceptors (Lipinski definition) is 4. The van der Waals surface area contributed by atoms with Gasteiger partial charge in [-0.3, -0.25) is 4.79 Å². The first kappa shape index (κ1) is 14.7. The molecule has 5 nitrogen and oxygen atoms in total. The molecule has 108 valence electrons. The summed E-state index contributed by atoms with van der Waals surface area (Å²) in [6.45, 7) is 1.26. The zero-order valence-electron chi connectivity index (χ0n) is 11.4. The molecule has 0 aliphatic carbocycles.